The van der Waals surface area contributed by atoms with Gasteiger partial charge >= 0.3 is 0 Å². The summed E-state index contributed by atoms with van der Waals surface area (Å²) in [4.78, 5) is 22.9. The van der Waals surface area contributed by atoms with Crippen molar-refractivity contribution >= 4 is 24.2 Å². The molecule has 2 heterocycles. The topological polar surface area (TPSA) is 103 Å². The molecule has 0 aromatic carbocycles. The standard InChI is InChI=1S/C12H21N3O4.ClH/c1-7-10(14-4-5-18-7)12(17)15-6-8-2-3-9(19-8)11(13)16;/h7-10,14H,2-6H2,1H3,(H2,13,16)(H,15,17);1H/t7-,8?,9?,10+;/m1./s1. The van der Waals surface area contributed by atoms with E-state index in [4.69, 9.17) is 15.2 Å². The maximum atomic E-state index is 12.0. The molecule has 2 aliphatic rings. The number of rotatable bonds is 4. The Morgan fingerprint density at radius 1 is 1.40 bits per heavy atom. The normalized spacial score (nSPS) is 33.2. The first-order valence-electron chi connectivity index (χ1n) is 6.65. The molecule has 8 heteroatoms. The van der Waals surface area contributed by atoms with E-state index in [1.165, 1.54) is 0 Å². The Morgan fingerprint density at radius 2 is 2.15 bits per heavy atom. The van der Waals surface area contributed by atoms with Gasteiger partial charge in [0, 0.05) is 13.1 Å². The minimum atomic E-state index is -0.517. The lowest BCUT2D eigenvalue weighted by Gasteiger charge is -2.29. The summed E-state index contributed by atoms with van der Waals surface area (Å²) in [6.07, 6.45) is 0.560. The molecule has 2 fully saturated rings. The van der Waals surface area contributed by atoms with Gasteiger partial charge in [-0.05, 0) is 19.8 Å². The highest BCUT2D eigenvalue weighted by Gasteiger charge is 2.31. The van der Waals surface area contributed by atoms with Gasteiger partial charge in [0.05, 0.1) is 18.8 Å². The van der Waals surface area contributed by atoms with Crippen LogP contribution in [0.25, 0.3) is 0 Å². The first kappa shape index (κ1) is 17.2. The van der Waals surface area contributed by atoms with Crippen molar-refractivity contribution < 1.29 is 19.1 Å². The van der Waals surface area contributed by atoms with E-state index in [9.17, 15) is 9.59 Å². The van der Waals surface area contributed by atoms with E-state index in [1.54, 1.807) is 0 Å². The zero-order valence-corrected chi connectivity index (χ0v) is 12.3. The largest absolute Gasteiger partial charge is 0.375 e. The van der Waals surface area contributed by atoms with Crippen molar-refractivity contribution in [2.24, 2.45) is 5.73 Å². The van der Waals surface area contributed by atoms with Crippen LogP contribution in [-0.4, -0.2) is 55.9 Å². The number of ether oxygens (including phenoxy) is 2. The van der Waals surface area contributed by atoms with E-state index >= 15 is 0 Å². The highest BCUT2D eigenvalue weighted by Crippen LogP contribution is 2.18. The number of nitrogens with two attached hydrogens (primary N) is 1. The fourth-order valence-corrected chi connectivity index (χ4v) is 2.42. The number of morpholine rings is 1. The van der Waals surface area contributed by atoms with Crippen molar-refractivity contribution in [3.63, 3.8) is 0 Å². The number of halogens is 1. The Bertz CT molecular complexity index is 356. The zero-order chi connectivity index (χ0) is 13.8. The lowest BCUT2D eigenvalue weighted by Crippen LogP contribution is -2.56. The van der Waals surface area contributed by atoms with Gasteiger partial charge in [-0.25, -0.2) is 0 Å². The highest BCUT2D eigenvalue weighted by molar-refractivity contribution is 5.85. The van der Waals surface area contributed by atoms with E-state index < -0.39 is 12.0 Å². The van der Waals surface area contributed by atoms with E-state index in [1.807, 2.05) is 6.92 Å². The monoisotopic (exact) mass is 307 g/mol. The molecule has 2 saturated heterocycles. The second-order valence-corrected chi connectivity index (χ2v) is 4.98. The van der Waals surface area contributed by atoms with Gasteiger partial charge < -0.3 is 25.8 Å². The van der Waals surface area contributed by atoms with E-state index in [0.717, 1.165) is 6.42 Å². The summed E-state index contributed by atoms with van der Waals surface area (Å²) in [6.45, 7) is 3.56. The van der Waals surface area contributed by atoms with Crippen LogP contribution in [0.4, 0.5) is 0 Å². The van der Waals surface area contributed by atoms with Crippen LogP contribution in [0.1, 0.15) is 19.8 Å². The Morgan fingerprint density at radius 3 is 2.75 bits per heavy atom. The van der Waals surface area contributed by atoms with E-state index in [-0.39, 0.29) is 36.6 Å². The summed E-state index contributed by atoms with van der Waals surface area (Å²) < 4.78 is 10.9. The second-order valence-electron chi connectivity index (χ2n) is 4.98. The van der Waals surface area contributed by atoms with Crippen molar-refractivity contribution in [3.05, 3.63) is 0 Å². The van der Waals surface area contributed by atoms with Crippen molar-refractivity contribution in [1.82, 2.24) is 10.6 Å². The third-order valence-corrected chi connectivity index (χ3v) is 3.53. The number of amides is 2. The Labute approximate surface area is 124 Å². The number of hydrogen-bond acceptors (Lipinski definition) is 5. The smallest absolute Gasteiger partial charge is 0.246 e. The third-order valence-electron chi connectivity index (χ3n) is 3.53. The fourth-order valence-electron chi connectivity index (χ4n) is 2.42. The molecule has 20 heavy (non-hydrogen) atoms. The summed E-state index contributed by atoms with van der Waals surface area (Å²) >= 11 is 0. The van der Waals surface area contributed by atoms with Crippen LogP contribution < -0.4 is 16.4 Å². The van der Waals surface area contributed by atoms with Gasteiger partial charge in [-0.1, -0.05) is 0 Å². The van der Waals surface area contributed by atoms with Gasteiger partial charge in [-0.3, -0.25) is 9.59 Å². The second kappa shape index (κ2) is 7.78. The Balaban J connectivity index is 0.00000200. The third kappa shape index (κ3) is 4.31. The lowest BCUT2D eigenvalue weighted by molar-refractivity contribution is -0.130. The fraction of sp³-hybridized carbons (Fsp3) is 0.833. The molecular formula is C12H22ClN3O4. The predicted molar refractivity (Wildman–Crippen MR) is 74.6 cm³/mol. The van der Waals surface area contributed by atoms with Gasteiger partial charge in [0.2, 0.25) is 11.8 Å². The van der Waals surface area contributed by atoms with Crippen LogP contribution in [0.3, 0.4) is 0 Å². The highest BCUT2D eigenvalue weighted by atomic mass is 35.5. The van der Waals surface area contributed by atoms with E-state index in [2.05, 4.69) is 10.6 Å². The molecule has 7 nitrogen and oxygen atoms in total. The number of carbonyl (C=O) groups excluding carboxylic acids is 2. The quantitative estimate of drug-likeness (QED) is 0.614. The average molecular weight is 308 g/mol. The van der Waals surface area contributed by atoms with Crippen LogP contribution >= 0.6 is 12.4 Å². The number of primary amides is 1. The van der Waals surface area contributed by atoms with Crippen LogP contribution in [-0.2, 0) is 19.1 Å². The predicted octanol–water partition coefficient (Wildman–Crippen LogP) is -1.07. The summed E-state index contributed by atoms with van der Waals surface area (Å²) in [5, 5.41) is 5.94. The van der Waals surface area contributed by atoms with Crippen molar-refractivity contribution in [1.29, 1.82) is 0 Å². The average Bonchev–Trinajstić information content (AvgIpc) is 2.85. The van der Waals surface area contributed by atoms with Gasteiger partial charge in [-0.15, -0.1) is 12.4 Å². The molecule has 0 bridgehead atoms. The Kier molecular flexibility index (Phi) is 6.67. The van der Waals surface area contributed by atoms with Crippen molar-refractivity contribution in [2.75, 3.05) is 19.7 Å². The first-order chi connectivity index (χ1) is 9.08. The molecule has 2 amide bonds. The van der Waals surface area contributed by atoms with Gasteiger partial charge in [0.15, 0.2) is 0 Å². The molecule has 0 aromatic rings. The first-order valence-corrected chi connectivity index (χ1v) is 6.65. The van der Waals surface area contributed by atoms with Crippen molar-refractivity contribution in [2.45, 2.75) is 44.1 Å². The molecule has 116 valence electrons. The number of hydrogen-bond donors (Lipinski definition) is 3. The molecular weight excluding hydrogens is 286 g/mol. The molecule has 4 N–H and O–H groups in total. The molecule has 4 atom stereocenters. The molecule has 0 saturated carbocycles. The van der Waals surface area contributed by atoms with Gasteiger partial charge in [0.1, 0.15) is 12.1 Å². The lowest BCUT2D eigenvalue weighted by atomic mass is 10.1. The van der Waals surface area contributed by atoms with Crippen LogP contribution in [0, 0.1) is 0 Å². The summed E-state index contributed by atoms with van der Waals surface area (Å²) in [7, 11) is 0. The maximum Gasteiger partial charge on any atom is 0.246 e. The molecule has 0 aliphatic carbocycles. The summed E-state index contributed by atoms with van der Waals surface area (Å²) in [6, 6.07) is -0.331. The summed E-state index contributed by atoms with van der Waals surface area (Å²) in [5.74, 6) is -0.539. The van der Waals surface area contributed by atoms with Crippen LogP contribution in [0.5, 0.6) is 0 Å². The molecule has 2 unspecified atom stereocenters. The van der Waals surface area contributed by atoms with Crippen LogP contribution in [0.2, 0.25) is 0 Å². The minimum Gasteiger partial charge on any atom is -0.375 e. The van der Waals surface area contributed by atoms with Crippen molar-refractivity contribution in [3.8, 4) is 0 Å². The maximum absolute atomic E-state index is 12.0. The van der Waals surface area contributed by atoms with Gasteiger partial charge in [-0.2, -0.15) is 0 Å². The Hall–Kier alpha value is -0.890. The van der Waals surface area contributed by atoms with Crippen LogP contribution in [0.15, 0.2) is 0 Å². The molecule has 2 rings (SSSR count). The number of nitrogens with one attached hydrogen (secondary N) is 2. The molecule has 0 spiro atoms. The number of carbonyl (C=O) groups is 2. The van der Waals surface area contributed by atoms with Gasteiger partial charge in [0.25, 0.3) is 0 Å². The minimum absolute atomic E-state index is 0. The van der Waals surface area contributed by atoms with E-state index in [0.29, 0.717) is 26.1 Å². The summed E-state index contributed by atoms with van der Waals surface area (Å²) in [5.41, 5.74) is 5.17. The molecule has 2 aliphatic heterocycles. The zero-order valence-electron chi connectivity index (χ0n) is 11.5. The molecule has 0 aromatic heterocycles. The SMILES string of the molecule is C[C@H]1OCCN[C@@H]1C(=O)NCC1CCC(C(N)=O)O1.Cl. The molecule has 0 radical (unpaired) electrons.